The van der Waals surface area contributed by atoms with Gasteiger partial charge in [-0.25, -0.2) is 0 Å². The quantitative estimate of drug-likeness (QED) is 0.645. The van der Waals surface area contributed by atoms with Crippen LogP contribution >= 0.6 is 0 Å². The van der Waals surface area contributed by atoms with Gasteiger partial charge in [0.25, 0.3) is 0 Å². The fourth-order valence-corrected chi connectivity index (χ4v) is 1.96. The van der Waals surface area contributed by atoms with E-state index in [9.17, 15) is 0 Å². The van der Waals surface area contributed by atoms with Gasteiger partial charge in [0.15, 0.2) is 5.96 Å². The van der Waals surface area contributed by atoms with Crippen LogP contribution in [0.3, 0.4) is 0 Å². The molecule has 0 bridgehead atoms. The lowest BCUT2D eigenvalue weighted by Gasteiger charge is -2.19. The lowest BCUT2D eigenvalue weighted by Crippen LogP contribution is -2.33. The van der Waals surface area contributed by atoms with Gasteiger partial charge in [-0.05, 0) is 35.8 Å². The third-order valence-electron chi connectivity index (χ3n) is 3.43. The Hall–Kier alpha value is -1.51. The van der Waals surface area contributed by atoms with Crippen LogP contribution in [0.1, 0.15) is 44.7 Å². The van der Waals surface area contributed by atoms with Gasteiger partial charge in [-0.2, -0.15) is 0 Å². The number of hydrogen-bond donors (Lipinski definition) is 2. The highest BCUT2D eigenvalue weighted by molar-refractivity contribution is 5.78. The SMILES string of the molecule is CC(C)(C)c1ccc(CCN=C(N)NC2CC2)cc1. The molecule has 1 fully saturated rings. The number of rotatable bonds is 4. The van der Waals surface area contributed by atoms with Crippen molar-refractivity contribution in [3.05, 3.63) is 35.4 Å². The van der Waals surface area contributed by atoms with Gasteiger partial charge in [-0.1, -0.05) is 45.0 Å². The van der Waals surface area contributed by atoms with Gasteiger partial charge in [0, 0.05) is 12.6 Å². The van der Waals surface area contributed by atoms with Gasteiger partial charge in [-0.3, -0.25) is 4.99 Å². The third-order valence-corrected chi connectivity index (χ3v) is 3.43. The van der Waals surface area contributed by atoms with E-state index in [4.69, 9.17) is 5.73 Å². The maximum absolute atomic E-state index is 5.80. The van der Waals surface area contributed by atoms with Crippen LogP contribution in [0.5, 0.6) is 0 Å². The molecule has 0 radical (unpaired) electrons. The van der Waals surface area contributed by atoms with Gasteiger partial charge >= 0.3 is 0 Å². The van der Waals surface area contributed by atoms with Gasteiger partial charge in [0.05, 0.1) is 0 Å². The van der Waals surface area contributed by atoms with E-state index in [1.54, 1.807) is 0 Å². The van der Waals surface area contributed by atoms with E-state index < -0.39 is 0 Å². The summed E-state index contributed by atoms with van der Waals surface area (Å²) in [5, 5.41) is 3.20. The molecule has 3 nitrogen and oxygen atoms in total. The van der Waals surface area contributed by atoms with Crippen molar-refractivity contribution in [2.24, 2.45) is 10.7 Å². The summed E-state index contributed by atoms with van der Waals surface area (Å²) in [5.41, 5.74) is 8.70. The van der Waals surface area contributed by atoms with Gasteiger partial charge < -0.3 is 11.1 Å². The smallest absolute Gasteiger partial charge is 0.188 e. The van der Waals surface area contributed by atoms with Crippen molar-refractivity contribution in [2.45, 2.75) is 51.5 Å². The van der Waals surface area contributed by atoms with Crippen LogP contribution in [-0.4, -0.2) is 18.5 Å². The number of nitrogens with one attached hydrogen (secondary N) is 1. The first-order chi connectivity index (χ1) is 8.95. The summed E-state index contributed by atoms with van der Waals surface area (Å²) < 4.78 is 0. The Labute approximate surface area is 116 Å². The Morgan fingerprint density at radius 2 is 1.89 bits per heavy atom. The van der Waals surface area contributed by atoms with Crippen molar-refractivity contribution in [2.75, 3.05) is 6.54 Å². The average Bonchev–Trinajstić information content (AvgIpc) is 3.12. The molecule has 0 saturated heterocycles. The monoisotopic (exact) mass is 259 g/mol. The Morgan fingerprint density at radius 3 is 2.42 bits per heavy atom. The molecule has 1 aliphatic rings. The lowest BCUT2D eigenvalue weighted by atomic mass is 9.86. The zero-order valence-electron chi connectivity index (χ0n) is 12.2. The molecule has 1 aliphatic carbocycles. The molecule has 1 saturated carbocycles. The van der Waals surface area contributed by atoms with Gasteiger partial charge in [0.2, 0.25) is 0 Å². The van der Waals surface area contributed by atoms with E-state index in [0.717, 1.165) is 13.0 Å². The molecule has 0 heterocycles. The summed E-state index contributed by atoms with van der Waals surface area (Å²) in [7, 11) is 0. The molecule has 3 heteroatoms. The highest BCUT2D eigenvalue weighted by Gasteiger charge is 2.21. The molecule has 104 valence electrons. The Kier molecular flexibility index (Phi) is 4.13. The molecule has 2 rings (SSSR count). The number of nitrogens with zero attached hydrogens (tertiary/aromatic N) is 1. The van der Waals surface area contributed by atoms with Gasteiger partial charge in [0.1, 0.15) is 0 Å². The largest absolute Gasteiger partial charge is 0.370 e. The first-order valence-corrected chi connectivity index (χ1v) is 7.11. The molecule has 0 unspecified atom stereocenters. The highest BCUT2D eigenvalue weighted by Crippen LogP contribution is 2.22. The summed E-state index contributed by atoms with van der Waals surface area (Å²) >= 11 is 0. The molecule has 0 aromatic heterocycles. The standard InChI is InChI=1S/C16H25N3/c1-16(2,3)13-6-4-12(5-7-13)10-11-18-15(17)19-14-8-9-14/h4-7,14H,8-11H2,1-3H3,(H3,17,18,19). The number of aliphatic imine (C=N–C) groups is 1. The van der Waals surface area contributed by atoms with E-state index >= 15 is 0 Å². The van der Waals surface area contributed by atoms with Crippen molar-refractivity contribution in [1.82, 2.24) is 5.32 Å². The van der Waals surface area contributed by atoms with E-state index in [-0.39, 0.29) is 5.41 Å². The molecular formula is C16H25N3. The molecule has 1 aromatic rings. The van der Waals surface area contributed by atoms with Crippen LogP contribution in [0.4, 0.5) is 0 Å². The van der Waals surface area contributed by atoms with E-state index in [2.05, 4.69) is 55.3 Å². The van der Waals surface area contributed by atoms with Crippen molar-refractivity contribution >= 4 is 5.96 Å². The molecule has 0 amide bonds. The second-order valence-corrected chi connectivity index (χ2v) is 6.38. The predicted molar refractivity (Wildman–Crippen MR) is 81.5 cm³/mol. The van der Waals surface area contributed by atoms with Crippen LogP contribution in [-0.2, 0) is 11.8 Å². The molecule has 19 heavy (non-hydrogen) atoms. The molecule has 0 atom stereocenters. The van der Waals surface area contributed by atoms with Crippen molar-refractivity contribution < 1.29 is 0 Å². The van der Waals surface area contributed by atoms with Crippen molar-refractivity contribution in [1.29, 1.82) is 0 Å². The molecule has 0 aliphatic heterocycles. The minimum absolute atomic E-state index is 0.218. The third kappa shape index (κ3) is 4.58. The molecule has 1 aromatic carbocycles. The summed E-state index contributed by atoms with van der Waals surface area (Å²) in [5.74, 6) is 0.591. The number of nitrogens with two attached hydrogens (primary N) is 1. The van der Waals surface area contributed by atoms with Gasteiger partial charge in [-0.15, -0.1) is 0 Å². The zero-order chi connectivity index (χ0) is 13.9. The topological polar surface area (TPSA) is 50.4 Å². The molecule has 3 N–H and O–H groups in total. The average molecular weight is 259 g/mol. The Morgan fingerprint density at radius 1 is 1.26 bits per heavy atom. The normalized spacial score (nSPS) is 16.5. The highest BCUT2D eigenvalue weighted by atomic mass is 15.1. The number of guanidine groups is 1. The van der Waals surface area contributed by atoms with Crippen LogP contribution in [0, 0.1) is 0 Å². The van der Waals surface area contributed by atoms with E-state index in [0.29, 0.717) is 12.0 Å². The summed E-state index contributed by atoms with van der Waals surface area (Å²) in [6, 6.07) is 9.39. The minimum Gasteiger partial charge on any atom is -0.370 e. The molecular weight excluding hydrogens is 234 g/mol. The summed E-state index contributed by atoms with van der Waals surface area (Å²) in [4.78, 5) is 4.35. The van der Waals surface area contributed by atoms with Crippen molar-refractivity contribution in [3.63, 3.8) is 0 Å². The Bertz CT molecular complexity index is 436. The Balaban J connectivity index is 1.82. The fraction of sp³-hybridized carbons (Fsp3) is 0.562. The predicted octanol–water partition coefficient (Wildman–Crippen LogP) is 2.59. The van der Waals surface area contributed by atoms with Crippen LogP contribution in [0.2, 0.25) is 0 Å². The van der Waals surface area contributed by atoms with E-state index in [1.165, 1.54) is 24.0 Å². The first kappa shape index (κ1) is 13.9. The summed E-state index contributed by atoms with van der Waals surface area (Å²) in [6.07, 6.45) is 3.40. The van der Waals surface area contributed by atoms with Crippen LogP contribution in [0.25, 0.3) is 0 Å². The van der Waals surface area contributed by atoms with Crippen molar-refractivity contribution in [3.8, 4) is 0 Å². The second-order valence-electron chi connectivity index (χ2n) is 6.38. The summed E-state index contributed by atoms with van der Waals surface area (Å²) in [6.45, 7) is 7.45. The maximum Gasteiger partial charge on any atom is 0.188 e. The zero-order valence-corrected chi connectivity index (χ0v) is 12.2. The number of benzene rings is 1. The minimum atomic E-state index is 0.218. The number of hydrogen-bond acceptors (Lipinski definition) is 1. The van der Waals surface area contributed by atoms with Crippen LogP contribution < -0.4 is 11.1 Å². The first-order valence-electron chi connectivity index (χ1n) is 7.11. The van der Waals surface area contributed by atoms with E-state index in [1.807, 2.05) is 0 Å². The van der Waals surface area contributed by atoms with Crippen LogP contribution in [0.15, 0.2) is 29.3 Å². The maximum atomic E-state index is 5.80. The second kappa shape index (κ2) is 5.64. The lowest BCUT2D eigenvalue weighted by molar-refractivity contribution is 0.590. The molecule has 0 spiro atoms. The fourth-order valence-electron chi connectivity index (χ4n) is 1.96.